The van der Waals surface area contributed by atoms with Gasteiger partial charge in [-0.2, -0.15) is 0 Å². The number of carbonyl (C=O) groups is 1. The highest BCUT2D eigenvalue weighted by atomic mass is 16.6. The van der Waals surface area contributed by atoms with Crippen LogP contribution in [-0.4, -0.2) is 40.8 Å². The average molecular weight is 310 g/mol. The van der Waals surface area contributed by atoms with Crippen molar-refractivity contribution in [1.82, 2.24) is 0 Å². The Labute approximate surface area is 131 Å². The van der Waals surface area contributed by atoms with Crippen LogP contribution in [0.1, 0.15) is 47.0 Å². The summed E-state index contributed by atoms with van der Waals surface area (Å²) in [6.07, 6.45) is 0.0209. The van der Waals surface area contributed by atoms with Gasteiger partial charge >= 0.3 is 5.97 Å². The highest BCUT2D eigenvalue weighted by Crippen LogP contribution is 2.56. The zero-order chi connectivity index (χ0) is 16.3. The van der Waals surface area contributed by atoms with Crippen molar-refractivity contribution in [2.24, 2.45) is 17.3 Å². The van der Waals surface area contributed by atoms with Gasteiger partial charge in [-0.3, -0.25) is 0 Å². The van der Waals surface area contributed by atoms with Crippen LogP contribution in [0.25, 0.3) is 0 Å². The lowest BCUT2D eigenvalue weighted by atomic mass is 9.77. The molecule has 22 heavy (non-hydrogen) atoms. The molecule has 1 fully saturated rings. The van der Waals surface area contributed by atoms with Gasteiger partial charge in [0.1, 0.15) is 0 Å². The Morgan fingerprint density at radius 3 is 2.59 bits per heavy atom. The predicted octanol–water partition coefficient (Wildman–Crippen LogP) is 1.77. The predicted molar refractivity (Wildman–Crippen MR) is 79.8 cm³/mol. The fourth-order valence-electron chi connectivity index (χ4n) is 4.81. The molecule has 2 N–H and O–H groups in total. The first kappa shape index (κ1) is 16.0. The maximum Gasteiger partial charge on any atom is 0.336 e. The Bertz CT molecular complexity index is 523. The Morgan fingerprint density at radius 1 is 1.27 bits per heavy atom. The van der Waals surface area contributed by atoms with Crippen molar-refractivity contribution in [3.63, 3.8) is 0 Å². The SMILES string of the molecule is CCO[C@@]1(C)CC2=C(C(O)OC2=O)[C@@H](O)[C@@H]2CC(C)(C)C[C@@H]21. The monoisotopic (exact) mass is 310 g/mol. The number of fused-ring (bicyclic) bond motifs is 1. The molecule has 1 aliphatic heterocycles. The second-order valence-electron chi connectivity index (χ2n) is 7.90. The van der Waals surface area contributed by atoms with E-state index in [0.717, 1.165) is 12.8 Å². The molecule has 0 spiro atoms. The van der Waals surface area contributed by atoms with Crippen LogP contribution in [0, 0.1) is 17.3 Å². The number of rotatable bonds is 2. The molecule has 3 aliphatic rings. The third kappa shape index (κ3) is 2.30. The van der Waals surface area contributed by atoms with Gasteiger partial charge < -0.3 is 19.7 Å². The molecule has 2 aliphatic carbocycles. The number of aliphatic hydroxyl groups excluding tert-OH is 2. The van der Waals surface area contributed by atoms with Gasteiger partial charge in [-0.05, 0) is 43.9 Å². The topological polar surface area (TPSA) is 76.0 Å². The number of hydrogen-bond donors (Lipinski definition) is 2. The third-order valence-corrected chi connectivity index (χ3v) is 5.67. The van der Waals surface area contributed by atoms with Gasteiger partial charge in [0.15, 0.2) is 0 Å². The van der Waals surface area contributed by atoms with Gasteiger partial charge in [0.25, 0.3) is 0 Å². The highest BCUT2D eigenvalue weighted by Gasteiger charge is 2.57. The number of esters is 1. The van der Waals surface area contributed by atoms with Crippen LogP contribution >= 0.6 is 0 Å². The quantitative estimate of drug-likeness (QED) is 0.760. The Hall–Kier alpha value is -0.910. The van der Waals surface area contributed by atoms with Gasteiger partial charge in [0.2, 0.25) is 6.29 Å². The van der Waals surface area contributed by atoms with E-state index in [-0.39, 0.29) is 17.3 Å². The molecule has 0 aromatic heterocycles. The van der Waals surface area contributed by atoms with Crippen LogP contribution in [-0.2, 0) is 14.3 Å². The van der Waals surface area contributed by atoms with Crippen molar-refractivity contribution < 1.29 is 24.5 Å². The fraction of sp³-hybridized carbons (Fsp3) is 0.824. The number of cyclic esters (lactones) is 1. The summed E-state index contributed by atoms with van der Waals surface area (Å²) in [4.78, 5) is 12.0. The van der Waals surface area contributed by atoms with Gasteiger partial charge in [-0.15, -0.1) is 0 Å². The van der Waals surface area contributed by atoms with E-state index in [4.69, 9.17) is 9.47 Å². The number of aliphatic hydroxyl groups is 2. The molecule has 0 saturated heterocycles. The molecular formula is C17H26O5. The van der Waals surface area contributed by atoms with E-state index in [2.05, 4.69) is 13.8 Å². The van der Waals surface area contributed by atoms with E-state index in [9.17, 15) is 15.0 Å². The molecule has 124 valence electrons. The molecule has 1 saturated carbocycles. The Morgan fingerprint density at radius 2 is 1.95 bits per heavy atom. The molecule has 0 aromatic rings. The van der Waals surface area contributed by atoms with E-state index in [1.54, 1.807) is 0 Å². The van der Waals surface area contributed by atoms with Crippen molar-refractivity contribution in [3.05, 3.63) is 11.1 Å². The first-order valence-electron chi connectivity index (χ1n) is 8.12. The molecule has 5 nitrogen and oxygen atoms in total. The molecule has 0 bridgehead atoms. The maximum atomic E-state index is 12.0. The van der Waals surface area contributed by atoms with Crippen molar-refractivity contribution in [2.75, 3.05) is 6.61 Å². The summed E-state index contributed by atoms with van der Waals surface area (Å²) in [5.41, 5.74) is 0.361. The maximum absolute atomic E-state index is 12.0. The van der Waals surface area contributed by atoms with E-state index < -0.39 is 24.0 Å². The minimum Gasteiger partial charge on any atom is -0.428 e. The van der Waals surface area contributed by atoms with Gasteiger partial charge in [-0.25, -0.2) is 4.79 Å². The van der Waals surface area contributed by atoms with Gasteiger partial charge in [0, 0.05) is 24.2 Å². The van der Waals surface area contributed by atoms with Crippen molar-refractivity contribution in [1.29, 1.82) is 0 Å². The first-order valence-corrected chi connectivity index (χ1v) is 8.12. The summed E-state index contributed by atoms with van der Waals surface area (Å²) >= 11 is 0. The minimum atomic E-state index is -1.31. The Balaban J connectivity index is 2.07. The first-order chi connectivity index (χ1) is 10.2. The molecular weight excluding hydrogens is 284 g/mol. The summed E-state index contributed by atoms with van der Waals surface area (Å²) in [6, 6.07) is 0. The molecule has 0 amide bonds. The molecule has 1 unspecified atom stereocenters. The molecule has 0 aromatic carbocycles. The smallest absolute Gasteiger partial charge is 0.336 e. The van der Waals surface area contributed by atoms with E-state index >= 15 is 0 Å². The zero-order valence-corrected chi connectivity index (χ0v) is 13.8. The summed E-state index contributed by atoms with van der Waals surface area (Å²) in [7, 11) is 0. The van der Waals surface area contributed by atoms with Crippen LogP contribution in [0.15, 0.2) is 11.1 Å². The van der Waals surface area contributed by atoms with Crippen molar-refractivity contribution in [2.45, 2.75) is 65.0 Å². The number of carbonyl (C=O) groups excluding carboxylic acids is 1. The second-order valence-corrected chi connectivity index (χ2v) is 7.90. The fourth-order valence-corrected chi connectivity index (χ4v) is 4.81. The van der Waals surface area contributed by atoms with Crippen molar-refractivity contribution >= 4 is 5.97 Å². The van der Waals surface area contributed by atoms with Gasteiger partial charge in [-0.1, -0.05) is 13.8 Å². The normalized spacial score (nSPS) is 43.6. The number of ether oxygens (including phenoxy) is 2. The lowest BCUT2D eigenvalue weighted by Gasteiger charge is -2.38. The second kappa shape index (κ2) is 5.05. The summed E-state index contributed by atoms with van der Waals surface area (Å²) in [6.45, 7) is 8.91. The molecule has 5 heteroatoms. The van der Waals surface area contributed by atoms with Crippen molar-refractivity contribution in [3.8, 4) is 0 Å². The van der Waals surface area contributed by atoms with E-state index in [1.807, 2.05) is 13.8 Å². The van der Waals surface area contributed by atoms with Gasteiger partial charge in [0.05, 0.1) is 11.7 Å². The minimum absolute atomic E-state index is 0.0248. The highest BCUT2D eigenvalue weighted by molar-refractivity contribution is 5.92. The third-order valence-electron chi connectivity index (χ3n) is 5.67. The van der Waals surface area contributed by atoms with Crippen LogP contribution in [0.5, 0.6) is 0 Å². The lowest BCUT2D eigenvalue weighted by molar-refractivity contribution is -0.155. The average Bonchev–Trinajstić information content (AvgIpc) is 2.84. The van der Waals surface area contributed by atoms with E-state index in [1.165, 1.54) is 0 Å². The molecule has 1 heterocycles. The molecule has 3 rings (SSSR count). The Kier molecular flexibility index (Phi) is 3.66. The number of hydrogen-bond acceptors (Lipinski definition) is 5. The van der Waals surface area contributed by atoms with Crippen LogP contribution in [0.3, 0.4) is 0 Å². The van der Waals surface area contributed by atoms with E-state index in [0.29, 0.717) is 24.2 Å². The van der Waals surface area contributed by atoms with Crippen LogP contribution < -0.4 is 0 Å². The lowest BCUT2D eigenvalue weighted by Crippen LogP contribution is -2.42. The summed E-state index contributed by atoms with van der Waals surface area (Å²) in [5, 5.41) is 20.9. The standard InChI is InChI=1S/C17H26O5/c1-5-21-17(4)7-10-12(15(20)22-14(10)19)13(18)9-6-16(2,3)8-11(9)17/h9,11,13,15,18,20H,5-8H2,1-4H3/t9-,11+,13+,15?,17+/m1/s1. The van der Waals surface area contributed by atoms with Crippen LogP contribution in [0.4, 0.5) is 0 Å². The zero-order valence-electron chi connectivity index (χ0n) is 13.8. The molecule has 5 atom stereocenters. The summed E-state index contributed by atoms with van der Waals surface area (Å²) in [5.74, 6) is -0.391. The largest absolute Gasteiger partial charge is 0.428 e. The molecule has 0 radical (unpaired) electrons. The van der Waals surface area contributed by atoms with Crippen LogP contribution in [0.2, 0.25) is 0 Å². The summed E-state index contributed by atoms with van der Waals surface area (Å²) < 4.78 is 11.0.